The molecule has 0 spiro atoms. The number of ether oxygens (including phenoxy) is 1. The number of hydrogen-bond donors (Lipinski definition) is 2. The fraction of sp³-hybridized carbons (Fsp3) is 0.500. The maximum atomic E-state index is 12.0. The minimum atomic E-state index is -1.06. The predicted molar refractivity (Wildman–Crippen MR) is 85.3 cm³/mol. The van der Waals surface area contributed by atoms with Gasteiger partial charge >= 0.3 is 5.97 Å². The number of hydrogen-bond acceptors (Lipinski definition) is 4. The molecule has 1 aromatic carbocycles. The van der Waals surface area contributed by atoms with Gasteiger partial charge in [0.15, 0.2) is 0 Å². The first-order valence-corrected chi connectivity index (χ1v) is 8.44. The Bertz CT molecular complexity index is 523. The minimum absolute atomic E-state index is 0.211. The number of rotatable bonds is 7. The third-order valence-corrected chi connectivity index (χ3v) is 4.76. The molecule has 2 rings (SSSR count). The third kappa shape index (κ3) is 4.16. The second-order valence-corrected chi connectivity index (χ2v) is 6.38. The van der Waals surface area contributed by atoms with Gasteiger partial charge in [-0.05, 0) is 44.0 Å². The van der Waals surface area contributed by atoms with E-state index < -0.39 is 11.5 Å². The van der Waals surface area contributed by atoms with Gasteiger partial charge in [-0.3, -0.25) is 4.79 Å². The Morgan fingerprint density at radius 2 is 1.91 bits per heavy atom. The molecule has 1 amide bonds. The molecule has 1 aliphatic carbocycles. The molecule has 6 heteroatoms. The van der Waals surface area contributed by atoms with Crippen LogP contribution in [0.5, 0.6) is 5.75 Å². The number of carboxylic acid groups (broad SMARTS) is 1. The zero-order chi connectivity index (χ0) is 16.0. The van der Waals surface area contributed by atoms with Crippen molar-refractivity contribution in [1.29, 1.82) is 0 Å². The van der Waals surface area contributed by atoms with Crippen LogP contribution in [0.4, 0.5) is 0 Å². The third-order valence-electron chi connectivity index (χ3n) is 3.75. The summed E-state index contributed by atoms with van der Waals surface area (Å²) in [6, 6.07) is 7.51. The fourth-order valence-electron chi connectivity index (χ4n) is 2.62. The van der Waals surface area contributed by atoms with Crippen LogP contribution in [0.25, 0.3) is 0 Å². The van der Waals surface area contributed by atoms with E-state index in [9.17, 15) is 14.7 Å². The fourth-order valence-corrected chi connectivity index (χ4v) is 3.32. The van der Waals surface area contributed by atoms with Crippen LogP contribution in [0.2, 0.25) is 0 Å². The largest absolute Gasteiger partial charge is 0.494 e. The van der Waals surface area contributed by atoms with Crippen molar-refractivity contribution in [1.82, 2.24) is 5.32 Å². The van der Waals surface area contributed by atoms with Crippen LogP contribution in [0.15, 0.2) is 29.2 Å². The van der Waals surface area contributed by atoms with Crippen molar-refractivity contribution in [3.63, 3.8) is 0 Å². The summed E-state index contributed by atoms with van der Waals surface area (Å²) < 4.78 is 5.36. The highest BCUT2D eigenvalue weighted by molar-refractivity contribution is 8.00. The van der Waals surface area contributed by atoms with Gasteiger partial charge in [0, 0.05) is 4.90 Å². The molecule has 0 saturated heterocycles. The van der Waals surface area contributed by atoms with Gasteiger partial charge in [-0.15, -0.1) is 11.8 Å². The molecule has 0 radical (unpaired) electrons. The molecule has 22 heavy (non-hydrogen) atoms. The van der Waals surface area contributed by atoms with Gasteiger partial charge in [0.25, 0.3) is 0 Å². The maximum Gasteiger partial charge on any atom is 0.329 e. The van der Waals surface area contributed by atoms with E-state index in [0.29, 0.717) is 19.4 Å². The second kappa shape index (κ2) is 7.54. The summed E-state index contributed by atoms with van der Waals surface area (Å²) in [7, 11) is 0. The Morgan fingerprint density at radius 1 is 1.27 bits per heavy atom. The number of aliphatic carboxylic acids is 1. The Hall–Kier alpha value is -1.69. The maximum absolute atomic E-state index is 12.0. The standard InChI is InChI=1S/C16H21NO4S/c1-2-21-12-5-7-13(8-6-12)22-11-14(18)17-16(15(19)20)9-3-4-10-16/h5-8H,2-4,9-11H2,1H3,(H,17,18)(H,19,20). The van der Waals surface area contributed by atoms with E-state index in [1.54, 1.807) is 0 Å². The van der Waals surface area contributed by atoms with Crippen LogP contribution in [-0.4, -0.2) is 34.9 Å². The number of thioether (sulfide) groups is 1. The normalized spacial score (nSPS) is 16.2. The molecule has 0 aliphatic heterocycles. The lowest BCUT2D eigenvalue weighted by atomic mass is 9.98. The lowest BCUT2D eigenvalue weighted by Gasteiger charge is -2.25. The number of benzene rings is 1. The van der Waals surface area contributed by atoms with E-state index in [0.717, 1.165) is 23.5 Å². The van der Waals surface area contributed by atoms with Crippen LogP contribution in [-0.2, 0) is 9.59 Å². The second-order valence-electron chi connectivity index (χ2n) is 5.34. The van der Waals surface area contributed by atoms with E-state index in [1.165, 1.54) is 11.8 Å². The first kappa shape index (κ1) is 16.7. The summed E-state index contributed by atoms with van der Waals surface area (Å²) >= 11 is 1.39. The zero-order valence-electron chi connectivity index (χ0n) is 12.6. The molecule has 1 fully saturated rings. The molecule has 1 saturated carbocycles. The van der Waals surface area contributed by atoms with Gasteiger partial charge in [-0.1, -0.05) is 12.8 Å². The van der Waals surface area contributed by atoms with Crippen molar-refractivity contribution in [3.05, 3.63) is 24.3 Å². The quantitative estimate of drug-likeness (QED) is 0.755. The van der Waals surface area contributed by atoms with Crippen LogP contribution < -0.4 is 10.1 Å². The predicted octanol–water partition coefficient (Wildman–Crippen LogP) is 2.69. The molecular weight excluding hydrogens is 302 g/mol. The van der Waals surface area contributed by atoms with Gasteiger partial charge in [-0.25, -0.2) is 4.79 Å². The summed E-state index contributed by atoms with van der Waals surface area (Å²) in [6.07, 6.45) is 2.72. The van der Waals surface area contributed by atoms with Crippen LogP contribution >= 0.6 is 11.8 Å². The molecule has 0 bridgehead atoms. The Kier molecular flexibility index (Phi) is 5.71. The summed E-state index contributed by atoms with van der Waals surface area (Å²) in [6.45, 7) is 2.54. The first-order chi connectivity index (χ1) is 10.6. The molecule has 0 unspecified atom stereocenters. The van der Waals surface area contributed by atoms with Crippen molar-refractivity contribution in [2.24, 2.45) is 0 Å². The van der Waals surface area contributed by atoms with Gasteiger partial charge in [0.1, 0.15) is 11.3 Å². The molecule has 2 N–H and O–H groups in total. The smallest absolute Gasteiger partial charge is 0.329 e. The summed E-state index contributed by atoms with van der Waals surface area (Å²) in [5, 5.41) is 12.1. The van der Waals surface area contributed by atoms with Crippen molar-refractivity contribution < 1.29 is 19.4 Å². The van der Waals surface area contributed by atoms with E-state index in [2.05, 4.69) is 5.32 Å². The van der Waals surface area contributed by atoms with Crippen molar-refractivity contribution in [2.45, 2.75) is 43.0 Å². The average Bonchev–Trinajstić information content (AvgIpc) is 2.97. The number of carbonyl (C=O) groups is 2. The van der Waals surface area contributed by atoms with Crippen LogP contribution in [0, 0.1) is 0 Å². The lowest BCUT2D eigenvalue weighted by molar-refractivity contribution is -0.147. The molecule has 120 valence electrons. The molecular formula is C16H21NO4S. The van der Waals surface area contributed by atoms with Crippen LogP contribution in [0.1, 0.15) is 32.6 Å². The highest BCUT2D eigenvalue weighted by Crippen LogP contribution is 2.30. The summed E-state index contributed by atoms with van der Waals surface area (Å²) in [4.78, 5) is 24.4. The van der Waals surface area contributed by atoms with Gasteiger partial charge in [0.2, 0.25) is 5.91 Å². The van der Waals surface area contributed by atoms with Crippen LogP contribution in [0.3, 0.4) is 0 Å². The van der Waals surface area contributed by atoms with Crippen molar-refractivity contribution in [3.8, 4) is 5.75 Å². The first-order valence-electron chi connectivity index (χ1n) is 7.46. The highest BCUT2D eigenvalue weighted by atomic mass is 32.2. The van der Waals surface area contributed by atoms with Gasteiger partial charge < -0.3 is 15.2 Å². The summed E-state index contributed by atoms with van der Waals surface area (Å²) in [5.74, 6) is -0.150. The molecule has 1 aliphatic rings. The molecule has 0 heterocycles. The SMILES string of the molecule is CCOc1ccc(SCC(=O)NC2(C(=O)O)CCCC2)cc1. The van der Waals surface area contributed by atoms with E-state index in [-0.39, 0.29) is 11.7 Å². The van der Waals surface area contributed by atoms with Crippen molar-refractivity contribution in [2.75, 3.05) is 12.4 Å². The average molecular weight is 323 g/mol. The monoisotopic (exact) mass is 323 g/mol. The van der Waals surface area contributed by atoms with Gasteiger partial charge in [0.05, 0.1) is 12.4 Å². The molecule has 5 nitrogen and oxygen atoms in total. The molecule has 1 aromatic rings. The Morgan fingerprint density at radius 3 is 2.45 bits per heavy atom. The molecule has 0 atom stereocenters. The number of carbonyl (C=O) groups excluding carboxylic acids is 1. The van der Waals surface area contributed by atoms with Gasteiger partial charge in [-0.2, -0.15) is 0 Å². The van der Waals surface area contributed by atoms with E-state index in [4.69, 9.17) is 4.74 Å². The molecule has 0 aromatic heterocycles. The minimum Gasteiger partial charge on any atom is -0.494 e. The number of amides is 1. The van der Waals surface area contributed by atoms with Crippen molar-refractivity contribution >= 4 is 23.6 Å². The lowest BCUT2D eigenvalue weighted by Crippen LogP contribution is -2.53. The topological polar surface area (TPSA) is 75.6 Å². The Balaban J connectivity index is 1.85. The number of carboxylic acids is 1. The van der Waals surface area contributed by atoms with E-state index in [1.807, 2.05) is 31.2 Å². The Labute approximate surface area is 134 Å². The number of nitrogens with one attached hydrogen (secondary N) is 1. The highest BCUT2D eigenvalue weighted by Gasteiger charge is 2.42. The zero-order valence-corrected chi connectivity index (χ0v) is 13.4. The van der Waals surface area contributed by atoms with E-state index >= 15 is 0 Å². The summed E-state index contributed by atoms with van der Waals surface area (Å²) in [5.41, 5.74) is -1.06.